The van der Waals surface area contributed by atoms with E-state index in [-0.39, 0.29) is 24.6 Å². The quantitative estimate of drug-likeness (QED) is 0.663. The van der Waals surface area contributed by atoms with Gasteiger partial charge in [-0.3, -0.25) is 9.59 Å². The number of carbonyl (C=O) groups excluding carboxylic acids is 2. The predicted octanol–water partition coefficient (Wildman–Crippen LogP) is 3.35. The number of aryl methyl sites for hydroxylation is 2. The molecule has 7 nitrogen and oxygen atoms in total. The molecule has 1 aromatic carbocycles. The van der Waals surface area contributed by atoms with Gasteiger partial charge in [0.15, 0.2) is 5.82 Å². The lowest BCUT2D eigenvalue weighted by Crippen LogP contribution is -2.50. The highest BCUT2D eigenvalue weighted by Gasteiger charge is 2.36. The monoisotopic (exact) mass is 438 g/mol. The Labute approximate surface area is 178 Å². The molecule has 1 fully saturated rings. The Morgan fingerprint density at radius 3 is 2.42 bits per heavy atom. The highest BCUT2D eigenvalue weighted by Crippen LogP contribution is 2.32. The lowest BCUT2D eigenvalue weighted by molar-refractivity contribution is -0.138. The number of aromatic nitrogens is 2. The smallest absolute Gasteiger partial charge is 0.339 e. The van der Waals surface area contributed by atoms with E-state index in [0.29, 0.717) is 44.1 Å². The molecule has 10 heteroatoms. The number of amides is 2. The molecular weight excluding hydrogens is 413 g/mol. The third-order valence-corrected chi connectivity index (χ3v) is 5.15. The van der Waals surface area contributed by atoms with E-state index < -0.39 is 17.6 Å². The van der Waals surface area contributed by atoms with Gasteiger partial charge in [0.25, 0.3) is 5.91 Å². The van der Waals surface area contributed by atoms with Crippen LogP contribution < -0.4 is 0 Å². The molecule has 3 rings (SSSR count). The van der Waals surface area contributed by atoms with E-state index >= 15 is 0 Å². The molecular formula is C21H25F3N4O3. The van der Waals surface area contributed by atoms with Crippen molar-refractivity contribution in [1.82, 2.24) is 19.9 Å². The number of rotatable bonds is 7. The van der Waals surface area contributed by atoms with Gasteiger partial charge >= 0.3 is 6.18 Å². The van der Waals surface area contributed by atoms with E-state index in [4.69, 9.17) is 4.52 Å². The van der Waals surface area contributed by atoms with Crippen LogP contribution in [0.3, 0.4) is 0 Å². The zero-order valence-electron chi connectivity index (χ0n) is 17.3. The number of alkyl halides is 3. The van der Waals surface area contributed by atoms with Crippen molar-refractivity contribution in [2.75, 3.05) is 26.2 Å². The maximum atomic E-state index is 13.2. The fourth-order valence-corrected chi connectivity index (χ4v) is 3.51. The third kappa shape index (κ3) is 5.83. The van der Waals surface area contributed by atoms with Crippen LogP contribution in [0.25, 0.3) is 0 Å². The van der Waals surface area contributed by atoms with Gasteiger partial charge in [-0.25, -0.2) is 0 Å². The first kappa shape index (κ1) is 22.8. The number of halogens is 3. The van der Waals surface area contributed by atoms with Crippen molar-refractivity contribution in [3.05, 3.63) is 47.1 Å². The molecule has 2 heterocycles. The summed E-state index contributed by atoms with van der Waals surface area (Å²) in [5, 5.41) is 3.88. The average molecular weight is 438 g/mol. The lowest BCUT2D eigenvalue weighted by Gasteiger charge is -2.35. The van der Waals surface area contributed by atoms with E-state index in [0.717, 1.165) is 18.9 Å². The first-order valence-corrected chi connectivity index (χ1v) is 10.3. The molecule has 0 radical (unpaired) electrons. The Morgan fingerprint density at radius 2 is 1.74 bits per heavy atom. The molecule has 168 valence electrons. The van der Waals surface area contributed by atoms with Gasteiger partial charge in [0.2, 0.25) is 11.8 Å². The van der Waals surface area contributed by atoms with Crippen molar-refractivity contribution in [2.24, 2.45) is 0 Å². The van der Waals surface area contributed by atoms with Crippen molar-refractivity contribution in [1.29, 1.82) is 0 Å². The highest BCUT2D eigenvalue weighted by molar-refractivity contribution is 5.96. The summed E-state index contributed by atoms with van der Waals surface area (Å²) in [4.78, 5) is 32.3. The molecule has 31 heavy (non-hydrogen) atoms. The van der Waals surface area contributed by atoms with Gasteiger partial charge in [-0.2, -0.15) is 18.2 Å². The first-order valence-electron chi connectivity index (χ1n) is 10.3. The van der Waals surface area contributed by atoms with Crippen LogP contribution in [-0.4, -0.2) is 57.9 Å². The van der Waals surface area contributed by atoms with E-state index in [1.807, 2.05) is 6.92 Å². The third-order valence-electron chi connectivity index (χ3n) is 5.15. The second-order valence-corrected chi connectivity index (χ2v) is 7.42. The highest BCUT2D eigenvalue weighted by atomic mass is 19.4. The minimum absolute atomic E-state index is 0.0592. The molecule has 0 N–H and O–H groups in total. The Morgan fingerprint density at radius 1 is 1.06 bits per heavy atom. The molecule has 0 bridgehead atoms. The summed E-state index contributed by atoms with van der Waals surface area (Å²) in [6.07, 6.45) is -1.55. The number of piperazine rings is 1. The van der Waals surface area contributed by atoms with Crippen molar-refractivity contribution >= 4 is 11.8 Å². The number of hydrogen-bond acceptors (Lipinski definition) is 5. The molecule has 2 amide bonds. The maximum Gasteiger partial charge on any atom is 0.417 e. The normalized spacial score (nSPS) is 14.7. The molecule has 0 spiro atoms. The van der Waals surface area contributed by atoms with E-state index in [1.165, 1.54) is 23.1 Å². The summed E-state index contributed by atoms with van der Waals surface area (Å²) < 4.78 is 44.7. The summed E-state index contributed by atoms with van der Waals surface area (Å²) in [6.45, 7) is 3.00. The van der Waals surface area contributed by atoms with Crippen LogP contribution in [0, 0.1) is 0 Å². The minimum Gasteiger partial charge on any atom is -0.339 e. The van der Waals surface area contributed by atoms with Gasteiger partial charge in [0, 0.05) is 45.4 Å². The van der Waals surface area contributed by atoms with Crippen LogP contribution in [0.4, 0.5) is 13.2 Å². The van der Waals surface area contributed by atoms with Gasteiger partial charge in [-0.05, 0) is 25.0 Å². The molecule has 0 unspecified atom stereocenters. The van der Waals surface area contributed by atoms with Crippen LogP contribution in [0.15, 0.2) is 28.8 Å². The van der Waals surface area contributed by atoms with Crippen LogP contribution >= 0.6 is 0 Å². The molecule has 1 aromatic heterocycles. The summed E-state index contributed by atoms with van der Waals surface area (Å²) >= 11 is 0. The molecule has 1 saturated heterocycles. The van der Waals surface area contributed by atoms with Gasteiger partial charge in [-0.1, -0.05) is 24.2 Å². The van der Waals surface area contributed by atoms with Crippen molar-refractivity contribution in [3.8, 4) is 0 Å². The Balaban J connectivity index is 1.48. The summed E-state index contributed by atoms with van der Waals surface area (Å²) in [6, 6.07) is 4.76. The first-order chi connectivity index (χ1) is 14.8. The van der Waals surface area contributed by atoms with Gasteiger partial charge in [-0.15, -0.1) is 0 Å². The Bertz CT molecular complexity index is 905. The van der Waals surface area contributed by atoms with Gasteiger partial charge in [0.1, 0.15) is 0 Å². The van der Waals surface area contributed by atoms with Crippen molar-refractivity contribution < 1.29 is 27.3 Å². The van der Waals surface area contributed by atoms with Crippen LogP contribution in [0.2, 0.25) is 0 Å². The SMILES string of the molecule is CCCc1noc(CCCC(=O)N2CCN(C(=O)c3ccccc3C(F)(F)F)CC2)n1. The summed E-state index contributed by atoms with van der Waals surface area (Å²) in [5.74, 6) is 0.446. The predicted molar refractivity (Wildman–Crippen MR) is 105 cm³/mol. The Hall–Kier alpha value is -2.91. The van der Waals surface area contributed by atoms with Crippen LogP contribution in [-0.2, 0) is 23.8 Å². The van der Waals surface area contributed by atoms with E-state index in [1.54, 1.807) is 4.90 Å². The fourth-order valence-electron chi connectivity index (χ4n) is 3.51. The zero-order chi connectivity index (χ0) is 22.4. The standard InChI is InChI=1S/C21H25F3N4O3/c1-2-6-17-25-18(31-26-17)9-5-10-19(29)27-11-13-28(14-12-27)20(30)15-7-3-4-8-16(15)21(22,23)24/h3-4,7-8H,2,5-6,9-14H2,1H3. The number of hydrogen-bond donors (Lipinski definition) is 0. The molecule has 1 aliphatic rings. The average Bonchev–Trinajstić information content (AvgIpc) is 3.20. The van der Waals surface area contributed by atoms with Crippen molar-refractivity contribution in [3.63, 3.8) is 0 Å². The number of benzene rings is 1. The summed E-state index contributed by atoms with van der Waals surface area (Å²) in [7, 11) is 0. The topological polar surface area (TPSA) is 79.5 Å². The van der Waals surface area contributed by atoms with E-state index in [2.05, 4.69) is 10.1 Å². The van der Waals surface area contributed by atoms with Crippen LogP contribution in [0.5, 0.6) is 0 Å². The largest absolute Gasteiger partial charge is 0.417 e. The second-order valence-electron chi connectivity index (χ2n) is 7.42. The minimum atomic E-state index is -4.60. The second kappa shape index (κ2) is 9.93. The lowest BCUT2D eigenvalue weighted by atomic mass is 10.1. The molecule has 0 atom stereocenters. The number of nitrogens with zero attached hydrogens (tertiary/aromatic N) is 4. The zero-order valence-corrected chi connectivity index (χ0v) is 17.3. The molecule has 0 saturated carbocycles. The summed E-state index contributed by atoms with van der Waals surface area (Å²) in [5.41, 5.74) is -1.31. The van der Waals surface area contributed by atoms with E-state index in [9.17, 15) is 22.8 Å². The van der Waals surface area contributed by atoms with Crippen molar-refractivity contribution in [2.45, 2.75) is 45.2 Å². The van der Waals surface area contributed by atoms with Gasteiger partial charge in [0.05, 0.1) is 11.1 Å². The van der Waals surface area contributed by atoms with Crippen LogP contribution in [0.1, 0.15) is 53.8 Å². The van der Waals surface area contributed by atoms with Gasteiger partial charge < -0.3 is 14.3 Å². The fraction of sp³-hybridized carbons (Fsp3) is 0.524. The molecule has 2 aromatic rings. The maximum absolute atomic E-state index is 13.2. The number of carbonyl (C=O) groups is 2. The Kier molecular flexibility index (Phi) is 7.29. The molecule has 1 aliphatic heterocycles. The molecule has 0 aliphatic carbocycles.